The third kappa shape index (κ3) is 2.35. The van der Waals surface area contributed by atoms with Crippen LogP contribution in [0.4, 0.5) is 0 Å². The second-order valence-electron chi connectivity index (χ2n) is 4.57. The molecule has 2 aromatic rings. The van der Waals surface area contributed by atoms with Gasteiger partial charge in [-0.3, -0.25) is 15.1 Å². The zero-order chi connectivity index (χ0) is 13.2. The lowest BCUT2D eigenvalue weighted by atomic mass is 10.1. The van der Waals surface area contributed by atoms with Crippen LogP contribution in [-0.4, -0.2) is 16.0 Å². The first kappa shape index (κ1) is 11.9. The van der Waals surface area contributed by atoms with E-state index in [2.05, 4.69) is 22.2 Å². The van der Waals surface area contributed by atoms with E-state index >= 15 is 0 Å². The van der Waals surface area contributed by atoms with Crippen molar-refractivity contribution < 1.29 is 9.32 Å². The van der Waals surface area contributed by atoms with Crippen LogP contribution in [0.3, 0.4) is 0 Å². The van der Waals surface area contributed by atoms with E-state index in [9.17, 15) is 4.79 Å². The largest absolute Gasteiger partial charge is 0.359 e. The van der Waals surface area contributed by atoms with Gasteiger partial charge in [-0.25, -0.2) is 5.84 Å². The highest BCUT2D eigenvalue weighted by Gasteiger charge is 2.20. The van der Waals surface area contributed by atoms with Gasteiger partial charge in [-0.05, 0) is 11.1 Å². The fourth-order valence-corrected chi connectivity index (χ4v) is 2.30. The summed E-state index contributed by atoms with van der Waals surface area (Å²) in [6.45, 7) is 2.39. The Balaban J connectivity index is 1.68. The topological polar surface area (TPSA) is 84.4 Å². The van der Waals surface area contributed by atoms with Crippen LogP contribution in [0.25, 0.3) is 0 Å². The number of aromatic nitrogens is 1. The molecule has 19 heavy (non-hydrogen) atoms. The highest BCUT2D eigenvalue weighted by molar-refractivity contribution is 5.91. The SMILES string of the molecule is NNC(=O)c1cc(CN2Cc3ccccc3C2)on1. The number of carbonyl (C=O) groups excluding carboxylic acids is 1. The number of carbonyl (C=O) groups is 1. The first-order valence-corrected chi connectivity index (χ1v) is 6.02. The number of hydrogen-bond donors (Lipinski definition) is 2. The van der Waals surface area contributed by atoms with Crippen molar-refractivity contribution in [3.05, 3.63) is 52.9 Å². The Morgan fingerprint density at radius 2 is 2.05 bits per heavy atom. The number of nitrogens with one attached hydrogen (secondary N) is 1. The number of benzene rings is 1. The van der Waals surface area contributed by atoms with Crippen molar-refractivity contribution in [3.63, 3.8) is 0 Å². The van der Waals surface area contributed by atoms with Crippen LogP contribution in [-0.2, 0) is 19.6 Å². The lowest BCUT2D eigenvalue weighted by Crippen LogP contribution is -2.30. The van der Waals surface area contributed by atoms with Crippen LogP contribution in [0.5, 0.6) is 0 Å². The summed E-state index contributed by atoms with van der Waals surface area (Å²) in [5.41, 5.74) is 4.90. The molecule has 0 fully saturated rings. The molecule has 0 aliphatic carbocycles. The number of hydrogen-bond acceptors (Lipinski definition) is 5. The zero-order valence-corrected chi connectivity index (χ0v) is 10.3. The molecule has 3 N–H and O–H groups in total. The second-order valence-corrected chi connectivity index (χ2v) is 4.57. The number of nitrogen functional groups attached to an aromatic ring is 1. The quantitative estimate of drug-likeness (QED) is 0.483. The van der Waals surface area contributed by atoms with Crippen molar-refractivity contribution in [1.29, 1.82) is 0 Å². The van der Waals surface area contributed by atoms with E-state index in [-0.39, 0.29) is 5.69 Å². The summed E-state index contributed by atoms with van der Waals surface area (Å²) in [5, 5.41) is 3.68. The van der Waals surface area contributed by atoms with Gasteiger partial charge in [0.2, 0.25) is 0 Å². The van der Waals surface area contributed by atoms with Gasteiger partial charge in [0.15, 0.2) is 11.5 Å². The van der Waals surface area contributed by atoms with Gasteiger partial charge in [-0.1, -0.05) is 29.4 Å². The molecule has 0 bridgehead atoms. The number of rotatable bonds is 3. The maximum atomic E-state index is 11.3. The predicted octanol–water partition coefficient (Wildman–Crippen LogP) is 0.794. The molecule has 1 aromatic heterocycles. The smallest absolute Gasteiger partial charge is 0.287 e. The molecule has 1 aliphatic rings. The normalized spacial score (nSPS) is 14.4. The van der Waals surface area contributed by atoms with Crippen molar-refractivity contribution >= 4 is 5.91 Å². The van der Waals surface area contributed by atoms with E-state index in [1.807, 2.05) is 17.6 Å². The highest BCUT2D eigenvalue weighted by Crippen LogP contribution is 2.23. The van der Waals surface area contributed by atoms with Crippen LogP contribution in [0.2, 0.25) is 0 Å². The summed E-state index contributed by atoms with van der Waals surface area (Å²) < 4.78 is 5.14. The molecule has 6 nitrogen and oxygen atoms in total. The fourth-order valence-electron chi connectivity index (χ4n) is 2.30. The van der Waals surface area contributed by atoms with E-state index in [0.29, 0.717) is 12.3 Å². The van der Waals surface area contributed by atoms with Crippen molar-refractivity contribution in [2.24, 2.45) is 5.84 Å². The van der Waals surface area contributed by atoms with Crippen molar-refractivity contribution in [2.75, 3.05) is 0 Å². The Labute approximate surface area is 110 Å². The minimum atomic E-state index is -0.445. The molecule has 98 valence electrons. The Morgan fingerprint density at radius 3 is 2.68 bits per heavy atom. The molecule has 0 saturated heterocycles. The predicted molar refractivity (Wildman–Crippen MR) is 67.5 cm³/mol. The van der Waals surface area contributed by atoms with Crippen LogP contribution in [0.1, 0.15) is 27.4 Å². The summed E-state index contributed by atoms with van der Waals surface area (Å²) in [6.07, 6.45) is 0. The van der Waals surface area contributed by atoms with Gasteiger partial charge in [0.1, 0.15) is 0 Å². The van der Waals surface area contributed by atoms with E-state index < -0.39 is 5.91 Å². The average molecular weight is 258 g/mol. The molecule has 0 spiro atoms. The average Bonchev–Trinajstić information content (AvgIpc) is 3.04. The van der Waals surface area contributed by atoms with Gasteiger partial charge >= 0.3 is 0 Å². The Hall–Kier alpha value is -2.18. The highest BCUT2D eigenvalue weighted by atomic mass is 16.5. The number of nitrogens with zero attached hydrogens (tertiary/aromatic N) is 2. The summed E-state index contributed by atoms with van der Waals surface area (Å²) in [6, 6.07) is 9.96. The lowest BCUT2D eigenvalue weighted by molar-refractivity contribution is 0.0944. The third-order valence-corrected chi connectivity index (χ3v) is 3.21. The van der Waals surface area contributed by atoms with E-state index in [4.69, 9.17) is 10.4 Å². The molecular weight excluding hydrogens is 244 g/mol. The molecule has 1 aliphatic heterocycles. The molecule has 2 heterocycles. The van der Waals surface area contributed by atoms with Crippen molar-refractivity contribution in [3.8, 4) is 0 Å². The third-order valence-electron chi connectivity index (χ3n) is 3.21. The van der Waals surface area contributed by atoms with Crippen LogP contribution in [0.15, 0.2) is 34.9 Å². The summed E-state index contributed by atoms with van der Waals surface area (Å²) in [5.74, 6) is 5.26. The second kappa shape index (κ2) is 4.83. The zero-order valence-electron chi connectivity index (χ0n) is 10.3. The van der Waals surface area contributed by atoms with Gasteiger partial charge < -0.3 is 4.52 Å². The lowest BCUT2D eigenvalue weighted by Gasteiger charge is -2.11. The first-order chi connectivity index (χ1) is 9.26. The standard InChI is InChI=1S/C13H14N4O2/c14-15-13(18)12-5-11(19-16-12)8-17-6-9-3-1-2-4-10(9)7-17/h1-5H,6-8,14H2,(H,15,18). The molecule has 0 unspecified atom stereocenters. The molecule has 0 radical (unpaired) electrons. The number of hydrazine groups is 1. The van der Waals surface area contributed by atoms with Gasteiger partial charge in [-0.2, -0.15) is 0 Å². The minimum Gasteiger partial charge on any atom is -0.359 e. The van der Waals surface area contributed by atoms with Crippen molar-refractivity contribution in [1.82, 2.24) is 15.5 Å². The van der Waals surface area contributed by atoms with E-state index in [1.165, 1.54) is 11.1 Å². The van der Waals surface area contributed by atoms with Crippen LogP contribution in [0, 0.1) is 0 Å². The molecule has 6 heteroatoms. The maximum absolute atomic E-state index is 11.3. The van der Waals surface area contributed by atoms with Crippen LogP contribution < -0.4 is 11.3 Å². The number of amides is 1. The van der Waals surface area contributed by atoms with Gasteiger partial charge in [-0.15, -0.1) is 0 Å². The van der Waals surface area contributed by atoms with Crippen molar-refractivity contribution in [2.45, 2.75) is 19.6 Å². The summed E-state index contributed by atoms with van der Waals surface area (Å²) >= 11 is 0. The Morgan fingerprint density at radius 1 is 1.37 bits per heavy atom. The van der Waals surface area contributed by atoms with Gasteiger partial charge in [0.05, 0.1) is 6.54 Å². The summed E-state index contributed by atoms with van der Waals surface area (Å²) in [7, 11) is 0. The Bertz CT molecular complexity index is 583. The first-order valence-electron chi connectivity index (χ1n) is 6.02. The molecular formula is C13H14N4O2. The molecule has 3 rings (SSSR count). The van der Waals surface area contributed by atoms with E-state index in [1.54, 1.807) is 6.07 Å². The molecule has 1 amide bonds. The number of fused-ring (bicyclic) bond motifs is 1. The van der Waals surface area contributed by atoms with Gasteiger partial charge in [0.25, 0.3) is 5.91 Å². The minimum absolute atomic E-state index is 0.203. The molecule has 0 atom stereocenters. The summed E-state index contributed by atoms with van der Waals surface area (Å²) in [4.78, 5) is 13.5. The molecule has 1 aromatic carbocycles. The maximum Gasteiger partial charge on any atom is 0.287 e. The van der Waals surface area contributed by atoms with Crippen LogP contribution >= 0.6 is 0 Å². The fraction of sp³-hybridized carbons (Fsp3) is 0.231. The van der Waals surface area contributed by atoms with E-state index in [0.717, 1.165) is 13.1 Å². The Kier molecular flexibility index (Phi) is 3.02. The van der Waals surface area contributed by atoms with Gasteiger partial charge in [0, 0.05) is 19.2 Å². The number of nitrogens with two attached hydrogens (primary N) is 1. The molecule has 0 saturated carbocycles. The monoisotopic (exact) mass is 258 g/mol.